The number of hydrogen-bond acceptors (Lipinski definition) is 1. The number of allylic oxidation sites excluding steroid dienone is 1. The molecule has 0 amide bonds. The van der Waals surface area contributed by atoms with Crippen molar-refractivity contribution in [2.24, 2.45) is 0 Å². The molecule has 5 rings (SSSR count). The third-order valence-electron chi connectivity index (χ3n) is 5.19. The van der Waals surface area contributed by atoms with Gasteiger partial charge in [0.2, 0.25) is 0 Å². The maximum absolute atomic E-state index is 3.28. The molecule has 0 nitrogen and oxygen atoms in total. The van der Waals surface area contributed by atoms with Crippen LogP contribution in [-0.4, -0.2) is 0 Å². The fourth-order valence-electron chi connectivity index (χ4n) is 3.67. The number of rotatable bonds is 3. The second-order valence-corrected chi connectivity index (χ2v) is 8.31. The van der Waals surface area contributed by atoms with E-state index in [1.807, 2.05) is 36.4 Å². The molecule has 31 heavy (non-hydrogen) atoms. The molecule has 0 aliphatic rings. The predicted molar refractivity (Wildman–Crippen MR) is 135 cm³/mol. The zero-order valence-corrected chi connectivity index (χ0v) is 17.8. The number of thioether (sulfide) groups is 1. The van der Waals surface area contributed by atoms with Gasteiger partial charge in [-0.15, -0.1) is 0 Å². The normalized spacial score (nSPS) is 11.3. The molecule has 0 aromatic heterocycles. The maximum Gasteiger partial charge on any atom is 0.0279 e. The molecule has 0 aliphatic heterocycles. The van der Waals surface area contributed by atoms with Crippen LogP contribution < -0.4 is 0 Å². The van der Waals surface area contributed by atoms with Gasteiger partial charge >= 0.3 is 0 Å². The number of hydrogen-bond donors (Lipinski definition) is 0. The molecule has 0 bridgehead atoms. The van der Waals surface area contributed by atoms with Crippen molar-refractivity contribution in [2.45, 2.75) is 4.90 Å². The molecule has 5 aromatic carbocycles. The summed E-state index contributed by atoms with van der Waals surface area (Å²) in [6.07, 6.45) is 2.05. The minimum Gasteiger partial charge on any atom is -0.0875 e. The van der Waals surface area contributed by atoms with Crippen molar-refractivity contribution in [3.05, 3.63) is 132 Å². The first kappa shape index (κ1) is 19.2. The maximum atomic E-state index is 3.28. The minimum atomic E-state index is 1.02. The van der Waals surface area contributed by atoms with Gasteiger partial charge in [-0.2, -0.15) is 0 Å². The van der Waals surface area contributed by atoms with E-state index in [1.165, 1.54) is 32.0 Å². The van der Waals surface area contributed by atoms with E-state index < -0.39 is 0 Å². The molecule has 146 valence electrons. The second-order valence-electron chi connectivity index (χ2n) is 7.26. The highest BCUT2D eigenvalue weighted by Crippen LogP contribution is 2.42. The average Bonchev–Trinajstić information content (AvgIpc) is 2.84. The summed E-state index contributed by atoms with van der Waals surface area (Å²) in [6.45, 7) is 0. The van der Waals surface area contributed by atoms with E-state index in [0.29, 0.717) is 0 Å². The molecule has 0 aliphatic carbocycles. The van der Waals surface area contributed by atoms with Gasteiger partial charge in [0.05, 0.1) is 0 Å². The molecule has 0 saturated carbocycles. The summed E-state index contributed by atoms with van der Waals surface area (Å²) >= 11 is 1.79. The Morgan fingerprint density at radius 3 is 1.81 bits per heavy atom. The van der Waals surface area contributed by atoms with E-state index in [4.69, 9.17) is 0 Å². The van der Waals surface area contributed by atoms with Crippen LogP contribution in [0.2, 0.25) is 0 Å². The Hall–Kier alpha value is -3.73. The highest BCUT2D eigenvalue weighted by Gasteiger charge is 2.11. The van der Waals surface area contributed by atoms with E-state index in [2.05, 4.69) is 96.8 Å². The van der Waals surface area contributed by atoms with E-state index in [-0.39, 0.29) is 0 Å². The molecule has 0 spiro atoms. The fourth-order valence-corrected chi connectivity index (χ4v) is 4.86. The van der Waals surface area contributed by atoms with Crippen molar-refractivity contribution in [1.29, 1.82) is 0 Å². The Kier molecular flexibility index (Phi) is 5.56. The summed E-state index contributed by atoms with van der Waals surface area (Å²) in [5.74, 6) is 6.55. The van der Waals surface area contributed by atoms with Crippen molar-refractivity contribution in [3.8, 4) is 11.8 Å². The van der Waals surface area contributed by atoms with Crippen molar-refractivity contribution in [1.82, 2.24) is 0 Å². The molecule has 5 aromatic rings. The van der Waals surface area contributed by atoms with E-state index in [9.17, 15) is 0 Å². The van der Waals surface area contributed by atoms with E-state index in [1.54, 1.807) is 11.8 Å². The lowest BCUT2D eigenvalue weighted by Crippen LogP contribution is -1.85. The Balaban J connectivity index is 1.66. The predicted octanol–water partition coefficient (Wildman–Crippen LogP) is 8.18. The highest BCUT2D eigenvalue weighted by atomic mass is 32.2. The minimum absolute atomic E-state index is 1.02. The van der Waals surface area contributed by atoms with Crippen LogP contribution in [0, 0.1) is 11.8 Å². The van der Waals surface area contributed by atoms with Crippen LogP contribution >= 0.6 is 11.8 Å². The van der Waals surface area contributed by atoms with Crippen LogP contribution in [0.1, 0.15) is 11.1 Å². The lowest BCUT2D eigenvalue weighted by Gasteiger charge is -2.13. The summed E-state index contributed by atoms with van der Waals surface area (Å²) in [5.41, 5.74) is 2.19. The Labute approximate surface area is 187 Å². The molecule has 0 saturated heterocycles. The van der Waals surface area contributed by atoms with Crippen LogP contribution in [0.25, 0.3) is 26.5 Å². The van der Waals surface area contributed by atoms with Crippen molar-refractivity contribution in [2.75, 3.05) is 0 Å². The quantitative estimate of drug-likeness (QED) is 0.164. The van der Waals surface area contributed by atoms with Gasteiger partial charge in [-0.1, -0.05) is 121 Å². The third-order valence-corrected chi connectivity index (χ3v) is 6.40. The second kappa shape index (κ2) is 8.96. The number of fused-ring (bicyclic) bond motifs is 2. The van der Waals surface area contributed by atoms with Crippen LogP contribution in [0.4, 0.5) is 0 Å². The Morgan fingerprint density at radius 1 is 0.613 bits per heavy atom. The molecule has 0 fully saturated rings. The van der Waals surface area contributed by atoms with Crippen LogP contribution in [0.3, 0.4) is 0 Å². The number of benzene rings is 5. The topological polar surface area (TPSA) is 0 Å². The zero-order chi connectivity index (χ0) is 20.9. The van der Waals surface area contributed by atoms with Crippen molar-refractivity contribution >= 4 is 38.2 Å². The summed E-state index contributed by atoms with van der Waals surface area (Å²) in [6, 6.07) is 40.1. The van der Waals surface area contributed by atoms with Crippen molar-refractivity contribution < 1.29 is 0 Å². The molecule has 0 atom stereocenters. The SMILES string of the molecule is C(#Cc1ccccc1)/C=C(/Sc1c2ccccc2cc2ccccc12)c1ccccc1. The van der Waals surface area contributed by atoms with Gasteiger partial charge in [0, 0.05) is 21.4 Å². The van der Waals surface area contributed by atoms with Gasteiger partial charge < -0.3 is 0 Å². The molecular weight excluding hydrogens is 392 g/mol. The Bertz CT molecular complexity index is 1380. The lowest BCUT2D eigenvalue weighted by atomic mass is 10.0. The lowest BCUT2D eigenvalue weighted by molar-refractivity contribution is 1.61. The molecule has 0 radical (unpaired) electrons. The van der Waals surface area contributed by atoms with Gasteiger partial charge in [0.1, 0.15) is 0 Å². The zero-order valence-electron chi connectivity index (χ0n) is 17.0. The van der Waals surface area contributed by atoms with Gasteiger partial charge in [0.25, 0.3) is 0 Å². The molecule has 1 heteroatoms. The van der Waals surface area contributed by atoms with Gasteiger partial charge in [-0.25, -0.2) is 0 Å². The van der Waals surface area contributed by atoms with Crippen LogP contribution in [0.5, 0.6) is 0 Å². The van der Waals surface area contributed by atoms with Gasteiger partial charge in [-0.05, 0) is 45.3 Å². The fraction of sp³-hybridized carbons (Fsp3) is 0. The molecular formula is C30H20S. The summed E-state index contributed by atoms with van der Waals surface area (Å²) in [4.78, 5) is 2.41. The molecule has 0 unspecified atom stereocenters. The van der Waals surface area contributed by atoms with Crippen LogP contribution in [-0.2, 0) is 0 Å². The first-order valence-corrected chi connectivity index (χ1v) is 11.1. The summed E-state index contributed by atoms with van der Waals surface area (Å²) < 4.78 is 0. The summed E-state index contributed by atoms with van der Waals surface area (Å²) in [7, 11) is 0. The highest BCUT2D eigenvalue weighted by molar-refractivity contribution is 8.08. The van der Waals surface area contributed by atoms with Gasteiger partial charge in [0.15, 0.2) is 0 Å². The molecule has 0 heterocycles. The summed E-state index contributed by atoms with van der Waals surface area (Å²) in [5, 5.41) is 5.05. The van der Waals surface area contributed by atoms with Crippen LogP contribution in [0.15, 0.2) is 126 Å². The molecule has 0 N–H and O–H groups in total. The first-order chi connectivity index (χ1) is 15.4. The third kappa shape index (κ3) is 4.26. The monoisotopic (exact) mass is 412 g/mol. The average molecular weight is 413 g/mol. The van der Waals surface area contributed by atoms with E-state index >= 15 is 0 Å². The van der Waals surface area contributed by atoms with Crippen molar-refractivity contribution in [3.63, 3.8) is 0 Å². The Morgan fingerprint density at radius 2 is 1.16 bits per heavy atom. The largest absolute Gasteiger partial charge is 0.0875 e. The van der Waals surface area contributed by atoms with E-state index in [0.717, 1.165) is 10.5 Å². The smallest absolute Gasteiger partial charge is 0.0279 e. The standard InChI is InChI=1S/C30H20S/c1-3-12-23(13-4-1)14-11-21-29(24-15-5-2-6-16-24)31-30-27-19-9-7-17-25(27)22-26-18-8-10-20-28(26)30/h1-10,12-13,15-22H/b29-21+. The van der Waals surface area contributed by atoms with Gasteiger partial charge in [-0.3, -0.25) is 0 Å². The first-order valence-electron chi connectivity index (χ1n) is 10.3.